The lowest BCUT2D eigenvalue weighted by atomic mass is 9.98. The van der Waals surface area contributed by atoms with Gasteiger partial charge in [-0.15, -0.1) is 0 Å². The number of ether oxygens (including phenoxy) is 1. The fourth-order valence-corrected chi connectivity index (χ4v) is 1.84. The standard InChI is InChI=1S/C12H13NO5/c13-4-3-9(14)10(15)6-1-2-7-8(5-6)12(17)18-11(7)16/h1-2,5,9-10,14-15H,3-4,13H2. The van der Waals surface area contributed by atoms with Crippen molar-refractivity contribution in [2.24, 2.45) is 5.73 Å². The number of hydrogen-bond donors (Lipinski definition) is 3. The number of fused-ring (bicyclic) bond motifs is 1. The maximum absolute atomic E-state index is 11.3. The molecular weight excluding hydrogens is 238 g/mol. The third kappa shape index (κ3) is 2.13. The Balaban J connectivity index is 2.29. The van der Waals surface area contributed by atoms with Crippen LogP contribution in [0.2, 0.25) is 0 Å². The molecule has 2 unspecified atom stereocenters. The first-order chi connectivity index (χ1) is 8.54. The number of hydrogen-bond acceptors (Lipinski definition) is 6. The van der Waals surface area contributed by atoms with Crippen molar-refractivity contribution in [1.29, 1.82) is 0 Å². The monoisotopic (exact) mass is 251 g/mol. The molecule has 4 N–H and O–H groups in total. The van der Waals surface area contributed by atoms with Crippen LogP contribution in [0.5, 0.6) is 0 Å². The Kier molecular flexibility index (Phi) is 3.42. The molecule has 0 radical (unpaired) electrons. The van der Waals surface area contributed by atoms with Crippen LogP contribution < -0.4 is 5.73 Å². The first-order valence-electron chi connectivity index (χ1n) is 5.51. The summed E-state index contributed by atoms with van der Waals surface area (Å²) in [5.41, 5.74) is 5.91. The van der Waals surface area contributed by atoms with Crippen LogP contribution in [0.1, 0.15) is 38.8 Å². The molecule has 1 aliphatic rings. The normalized spacial score (nSPS) is 17.3. The summed E-state index contributed by atoms with van der Waals surface area (Å²) in [7, 11) is 0. The van der Waals surface area contributed by atoms with Gasteiger partial charge in [0.25, 0.3) is 0 Å². The fraction of sp³-hybridized carbons (Fsp3) is 0.333. The molecule has 0 aliphatic carbocycles. The molecular formula is C12H13NO5. The summed E-state index contributed by atoms with van der Waals surface area (Å²) in [5.74, 6) is -1.43. The summed E-state index contributed by atoms with van der Waals surface area (Å²) >= 11 is 0. The summed E-state index contributed by atoms with van der Waals surface area (Å²) in [6, 6.07) is 4.23. The van der Waals surface area contributed by atoms with E-state index in [1.165, 1.54) is 18.2 Å². The Morgan fingerprint density at radius 1 is 1.17 bits per heavy atom. The first-order valence-corrected chi connectivity index (χ1v) is 5.51. The molecule has 0 aromatic heterocycles. The van der Waals surface area contributed by atoms with E-state index >= 15 is 0 Å². The largest absolute Gasteiger partial charge is 0.390 e. The minimum absolute atomic E-state index is 0.108. The van der Waals surface area contributed by atoms with Crippen molar-refractivity contribution in [3.63, 3.8) is 0 Å². The van der Waals surface area contributed by atoms with Gasteiger partial charge < -0.3 is 20.7 Å². The average Bonchev–Trinajstić information content (AvgIpc) is 2.64. The molecule has 6 heteroatoms. The van der Waals surface area contributed by atoms with E-state index in [9.17, 15) is 19.8 Å². The SMILES string of the molecule is NCCC(O)C(O)c1ccc2c(c1)C(=O)OC2=O. The van der Waals surface area contributed by atoms with Crippen molar-refractivity contribution in [3.8, 4) is 0 Å². The van der Waals surface area contributed by atoms with Gasteiger partial charge in [0.1, 0.15) is 6.10 Å². The molecule has 2 atom stereocenters. The summed E-state index contributed by atoms with van der Waals surface area (Å²) in [6.45, 7) is 0.240. The quantitative estimate of drug-likeness (QED) is 0.502. The summed E-state index contributed by atoms with van der Waals surface area (Å²) in [6.07, 6.45) is -1.93. The summed E-state index contributed by atoms with van der Waals surface area (Å²) in [4.78, 5) is 22.6. The molecule has 1 aromatic rings. The molecule has 6 nitrogen and oxygen atoms in total. The topological polar surface area (TPSA) is 110 Å². The van der Waals surface area contributed by atoms with Gasteiger partial charge in [-0.2, -0.15) is 0 Å². The van der Waals surface area contributed by atoms with Gasteiger partial charge in [0.05, 0.1) is 17.2 Å². The number of aliphatic hydroxyl groups is 2. The van der Waals surface area contributed by atoms with Crippen LogP contribution in [0.25, 0.3) is 0 Å². The van der Waals surface area contributed by atoms with Crippen molar-refractivity contribution in [3.05, 3.63) is 34.9 Å². The van der Waals surface area contributed by atoms with Crippen LogP contribution in [0.4, 0.5) is 0 Å². The van der Waals surface area contributed by atoms with Crippen molar-refractivity contribution >= 4 is 11.9 Å². The van der Waals surface area contributed by atoms with E-state index < -0.39 is 24.1 Å². The number of benzene rings is 1. The summed E-state index contributed by atoms with van der Waals surface area (Å²) in [5, 5.41) is 19.5. The number of esters is 2. The van der Waals surface area contributed by atoms with Gasteiger partial charge in [-0.3, -0.25) is 0 Å². The zero-order chi connectivity index (χ0) is 13.3. The van der Waals surface area contributed by atoms with Crippen LogP contribution in [0, 0.1) is 0 Å². The van der Waals surface area contributed by atoms with Crippen molar-refractivity contribution < 1.29 is 24.5 Å². The van der Waals surface area contributed by atoms with E-state index in [0.717, 1.165) is 0 Å². The molecule has 0 bridgehead atoms. The first kappa shape index (κ1) is 12.7. The minimum Gasteiger partial charge on any atom is -0.390 e. The predicted molar refractivity (Wildman–Crippen MR) is 60.8 cm³/mol. The van der Waals surface area contributed by atoms with E-state index in [0.29, 0.717) is 5.56 Å². The van der Waals surface area contributed by atoms with Crippen LogP contribution in [-0.4, -0.2) is 34.8 Å². The smallest absolute Gasteiger partial charge is 0.346 e. The molecule has 2 rings (SSSR count). The van der Waals surface area contributed by atoms with Gasteiger partial charge >= 0.3 is 11.9 Å². The predicted octanol–water partition coefficient (Wildman–Crippen LogP) is -0.260. The minimum atomic E-state index is -1.15. The van der Waals surface area contributed by atoms with E-state index in [-0.39, 0.29) is 24.1 Å². The molecule has 1 aromatic carbocycles. The maximum atomic E-state index is 11.3. The third-order valence-corrected chi connectivity index (χ3v) is 2.84. The number of carbonyl (C=O) groups is 2. The van der Waals surface area contributed by atoms with Crippen molar-refractivity contribution in [2.45, 2.75) is 18.6 Å². The Bertz CT molecular complexity index is 499. The number of nitrogens with two attached hydrogens (primary N) is 1. The van der Waals surface area contributed by atoms with Crippen LogP contribution >= 0.6 is 0 Å². The fourth-order valence-electron chi connectivity index (χ4n) is 1.84. The van der Waals surface area contributed by atoms with E-state index in [4.69, 9.17) is 5.73 Å². The zero-order valence-electron chi connectivity index (χ0n) is 9.50. The molecule has 0 fully saturated rings. The second-order valence-corrected chi connectivity index (χ2v) is 4.07. The molecule has 0 saturated heterocycles. The highest BCUT2D eigenvalue weighted by molar-refractivity contribution is 6.14. The number of cyclic esters (lactones) is 2. The third-order valence-electron chi connectivity index (χ3n) is 2.84. The Hall–Kier alpha value is -1.76. The van der Waals surface area contributed by atoms with Gasteiger partial charge in [0.2, 0.25) is 0 Å². The van der Waals surface area contributed by atoms with Gasteiger partial charge in [0.15, 0.2) is 0 Å². The highest BCUT2D eigenvalue weighted by Crippen LogP contribution is 2.26. The van der Waals surface area contributed by atoms with Gasteiger partial charge in [-0.05, 0) is 30.7 Å². The Morgan fingerprint density at radius 2 is 1.83 bits per heavy atom. The average molecular weight is 251 g/mol. The van der Waals surface area contributed by atoms with Gasteiger partial charge in [0, 0.05) is 0 Å². The Labute approximate surface area is 103 Å². The van der Waals surface area contributed by atoms with E-state index in [1.807, 2.05) is 0 Å². The van der Waals surface area contributed by atoms with Crippen molar-refractivity contribution in [2.75, 3.05) is 6.54 Å². The van der Waals surface area contributed by atoms with Crippen molar-refractivity contribution in [1.82, 2.24) is 0 Å². The molecule has 18 heavy (non-hydrogen) atoms. The lowest BCUT2D eigenvalue weighted by Crippen LogP contribution is -2.22. The molecule has 0 saturated carbocycles. The van der Waals surface area contributed by atoms with Crippen LogP contribution in [0.3, 0.4) is 0 Å². The zero-order valence-corrected chi connectivity index (χ0v) is 9.50. The number of aliphatic hydroxyl groups excluding tert-OH is 2. The van der Waals surface area contributed by atoms with E-state index in [2.05, 4.69) is 4.74 Å². The molecule has 1 aliphatic heterocycles. The highest BCUT2D eigenvalue weighted by atomic mass is 16.6. The Morgan fingerprint density at radius 3 is 2.50 bits per heavy atom. The van der Waals surface area contributed by atoms with E-state index in [1.54, 1.807) is 0 Å². The van der Waals surface area contributed by atoms with Crippen LogP contribution in [0.15, 0.2) is 18.2 Å². The molecule has 0 amide bonds. The lowest BCUT2D eigenvalue weighted by Gasteiger charge is -2.17. The van der Waals surface area contributed by atoms with Gasteiger partial charge in [-0.1, -0.05) is 6.07 Å². The maximum Gasteiger partial charge on any atom is 0.346 e. The highest BCUT2D eigenvalue weighted by Gasteiger charge is 2.31. The number of carbonyl (C=O) groups excluding carboxylic acids is 2. The second kappa shape index (κ2) is 4.85. The number of rotatable bonds is 4. The van der Waals surface area contributed by atoms with Gasteiger partial charge in [-0.25, -0.2) is 9.59 Å². The lowest BCUT2D eigenvalue weighted by molar-refractivity contribution is 0.0149. The molecule has 0 spiro atoms. The second-order valence-electron chi connectivity index (χ2n) is 4.07. The van der Waals surface area contributed by atoms with Crippen LogP contribution in [-0.2, 0) is 4.74 Å². The molecule has 1 heterocycles. The summed E-state index contributed by atoms with van der Waals surface area (Å²) < 4.78 is 4.43. The molecule has 96 valence electrons.